The number of hydrogen-bond donors (Lipinski definition) is 1. The molecule has 3 aliphatic rings. The molecule has 1 aromatic rings. The largest absolute Gasteiger partial charge is 0.490 e. The number of alkyl halides is 3. The molecule has 2 saturated heterocycles. The fourth-order valence-corrected chi connectivity index (χ4v) is 5.45. The number of ether oxygens (including phenoxy) is 1. The molecule has 3 heterocycles. The van der Waals surface area contributed by atoms with Crippen LogP contribution in [-0.2, 0) is 25.0 Å². The van der Waals surface area contributed by atoms with Crippen molar-refractivity contribution in [3.8, 4) is 0 Å². The maximum atomic E-state index is 11.8. The predicted octanol–water partition coefficient (Wildman–Crippen LogP) is 2.47. The third kappa shape index (κ3) is 5.50. The maximum Gasteiger partial charge on any atom is 0.490 e. The van der Waals surface area contributed by atoms with Crippen LogP contribution in [0.4, 0.5) is 18.9 Å². The summed E-state index contributed by atoms with van der Waals surface area (Å²) in [5.74, 6) is -2.14. The van der Waals surface area contributed by atoms with Crippen LogP contribution in [0.25, 0.3) is 0 Å². The Hall–Kier alpha value is -1.85. The Kier molecular flexibility index (Phi) is 6.87. The van der Waals surface area contributed by atoms with E-state index in [1.54, 1.807) is 4.31 Å². The van der Waals surface area contributed by atoms with Crippen LogP contribution in [0.15, 0.2) is 24.3 Å². The van der Waals surface area contributed by atoms with Gasteiger partial charge in [0.2, 0.25) is 10.0 Å². The van der Waals surface area contributed by atoms with Crippen LogP contribution >= 0.6 is 0 Å². The van der Waals surface area contributed by atoms with Crippen LogP contribution in [0.3, 0.4) is 0 Å². The second-order valence-electron chi connectivity index (χ2n) is 8.37. The molecule has 31 heavy (non-hydrogen) atoms. The van der Waals surface area contributed by atoms with E-state index in [-0.39, 0.29) is 5.41 Å². The van der Waals surface area contributed by atoms with Gasteiger partial charge in [-0.25, -0.2) is 17.5 Å². The zero-order valence-electron chi connectivity index (χ0n) is 17.3. The van der Waals surface area contributed by atoms with Crippen LogP contribution in [0.5, 0.6) is 0 Å². The number of piperidine rings is 1. The van der Waals surface area contributed by atoms with E-state index in [2.05, 4.69) is 29.2 Å². The van der Waals surface area contributed by atoms with Crippen molar-refractivity contribution in [2.75, 3.05) is 50.5 Å². The smallest absolute Gasteiger partial charge is 0.475 e. The molecule has 4 rings (SSSR count). The fraction of sp³-hybridized carbons (Fsp3) is 0.650. The third-order valence-electron chi connectivity index (χ3n) is 6.20. The van der Waals surface area contributed by atoms with E-state index in [1.165, 1.54) is 17.5 Å². The Balaban J connectivity index is 0.000000339. The van der Waals surface area contributed by atoms with Crippen molar-refractivity contribution in [2.45, 2.75) is 30.9 Å². The van der Waals surface area contributed by atoms with Gasteiger partial charge in [0.05, 0.1) is 12.9 Å². The molecule has 2 fully saturated rings. The fourth-order valence-electron chi connectivity index (χ4n) is 4.61. The number of carbonyl (C=O) groups is 1. The molecular formula is C20H27F3N2O5S. The van der Waals surface area contributed by atoms with E-state index in [9.17, 15) is 21.6 Å². The van der Waals surface area contributed by atoms with Gasteiger partial charge in [-0.05, 0) is 30.9 Å². The summed E-state index contributed by atoms with van der Waals surface area (Å²) in [5, 5.41) is 7.12. The Morgan fingerprint density at radius 2 is 1.87 bits per heavy atom. The van der Waals surface area contributed by atoms with E-state index >= 15 is 0 Å². The zero-order valence-corrected chi connectivity index (χ0v) is 18.1. The van der Waals surface area contributed by atoms with Gasteiger partial charge in [-0.3, -0.25) is 0 Å². The van der Waals surface area contributed by atoms with Crippen LogP contribution < -0.4 is 4.90 Å². The predicted molar refractivity (Wildman–Crippen MR) is 109 cm³/mol. The Morgan fingerprint density at radius 3 is 2.39 bits per heavy atom. The summed E-state index contributed by atoms with van der Waals surface area (Å²) in [5.41, 5.74) is 2.87. The molecule has 1 unspecified atom stereocenters. The molecule has 1 atom stereocenters. The average Bonchev–Trinajstić information content (AvgIpc) is 3.29. The number of hydrogen-bond acceptors (Lipinski definition) is 5. The van der Waals surface area contributed by atoms with Crippen molar-refractivity contribution in [1.29, 1.82) is 0 Å². The average molecular weight is 465 g/mol. The number of nitrogens with zero attached hydrogens (tertiary/aromatic N) is 2. The van der Waals surface area contributed by atoms with Gasteiger partial charge in [0.25, 0.3) is 0 Å². The van der Waals surface area contributed by atoms with Crippen molar-refractivity contribution in [3.63, 3.8) is 0 Å². The summed E-state index contributed by atoms with van der Waals surface area (Å²) >= 11 is 0. The zero-order chi connectivity index (χ0) is 22.9. The molecule has 0 bridgehead atoms. The van der Waals surface area contributed by atoms with Crippen LogP contribution in [0.1, 0.15) is 24.8 Å². The van der Waals surface area contributed by atoms with Gasteiger partial charge < -0.3 is 14.7 Å². The van der Waals surface area contributed by atoms with Crippen molar-refractivity contribution < 1.29 is 36.2 Å². The first-order valence-corrected chi connectivity index (χ1v) is 11.9. The molecule has 1 aromatic carbocycles. The number of carboxylic acid groups (broad SMARTS) is 1. The van der Waals surface area contributed by atoms with E-state index in [4.69, 9.17) is 14.6 Å². The Labute approximate surface area is 179 Å². The molecule has 0 saturated carbocycles. The molecule has 0 amide bonds. The number of anilines is 1. The van der Waals surface area contributed by atoms with Gasteiger partial charge in [-0.2, -0.15) is 13.2 Å². The summed E-state index contributed by atoms with van der Waals surface area (Å²) in [7, 11) is -3.08. The molecule has 3 aliphatic heterocycles. The lowest BCUT2D eigenvalue weighted by Crippen LogP contribution is -2.47. The second-order valence-corrected chi connectivity index (χ2v) is 10.4. The normalized spacial score (nSPS) is 23.4. The number of benzene rings is 1. The van der Waals surface area contributed by atoms with Crippen molar-refractivity contribution >= 4 is 21.7 Å². The summed E-state index contributed by atoms with van der Waals surface area (Å²) in [4.78, 5) is 11.4. The Morgan fingerprint density at radius 1 is 1.26 bits per heavy atom. The Bertz CT molecular complexity index is 892. The SMILES string of the molecule is CS(=O)(=O)N1CCC2(CC1)CN(CC1CCOC1)c1ccccc12.O=C(O)C(F)(F)F. The summed E-state index contributed by atoms with van der Waals surface area (Å²) < 4.78 is 62.6. The molecular weight excluding hydrogens is 437 g/mol. The first kappa shape index (κ1) is 23.8. The highest BCUT2D eigenvalue weighted by molar-refractivity contribution is 7.88. The van der Waals surface area contributed by atoms with Gasteiger partial charge in [-0.1, -0.05) is 18.2 Å². The van der Waals surface area contributed by atoms with Gasteiger partial charge >= 0.3 is 12.1 Å². The van der Waals surface area contributed by atoms with E-state index < -0.39 is 22.2 Å². The van der Waals surface area contributed by atoms with Gasteiger partial charge in [0.1, 0.15) is 0 Å². The van der Waals surface area contributed by atoms with Gasteiger partial charge in [0.15, 0.2) is 0 Å². The lowest BCUT2D eigenvalue weighted by Gasteiger charge is -2.39. The van der Waals surface area contributed by atoms with Crippen molar-refractivity contribution in [2.24, 2.45) is 5.92 Å². The molecule has 0 aliphatic carbocycles. The second kappa shape index (κ2) is 8.95. The first-order chi connectivity index (χ1) is 14.4. The molecule has 0 radical (unpaired) electrons. The molecule has 1 N–H and O–H groups in total. The van der Waals surface area contributed by atoms with Crippen LogP contribution in [0.2, 0.25) is 0 Å². The highest BCUT2D eigenvalue weighted by atomic mass is 32.2. The highest BCUT2D eigenvalue weighted by Crippen LogP contribution is 2.47. The lowest BCUT2D eigenvalue weighted by molar-refractivity contribution is -0.192. The van der Waals surface area contributed by atoms with Gasteiger partial charge in [0, 0.05) is 49.8 Å². The van der Waals surface area contributed by atoms with Crippen LogP contribution in [0, 0.1) is 5.92 Å². The van der Waals surface area contributed by atoms with Gasteiger partial charge in [-0.15, -0.1) is 0 Å². The molecule has 1 spiro atoms. The highest BCUT2D eigenvalue weighted by Gasteiger charge is 2.46. The number of carboxylic acids is 1. The molecule has 174 valence electrons. The minimum absolute atomic E-state index is 0.108. The summed E-state index contributed by atoms with van der Waals surface area (Å²) in [6, 6.07) is 8.70. The standard InChI is InChI=1S/C18H26N2O3S.C2HF3O2/c1-24(21,22)20-9-7-18(8-10-20)14-19(12-15-6-11-23-13-15)17-5-3-2-4-16(17)18;3-2(4,5)1(6)7/h2-5,15H,6-14H2,1H3;(H,6,7). The maximum absolute atomic E-state index is 11.8. The number of fused-ring (bicyclic) bond motifs is 2. The quantitative estimate of drug-likeness (QED) is 0.740. The van der Waals surface area contributed by atoms with Crippen LogP contribution in [-0.4, -0.2) is 75.6 Å². The minimum atomic E-state index is -5.08. The molecule has 0 aromatic heterocycles. The lowest BCUT2D eigenvalue weighted by atomic mass is 9.75. The number of halogens is 3. The van der Waals surface area contributed by atoms with E-state index in [1.807, 2.05) is 0 Å². The third-order valence-corrected chi connectivity index (χ3v) is 7.51. The van der Waals surface area contributed by atoms with E-state index in [0.29, 0.717) is 19.0 Å². The van der Waals surface area contributed by atoms with Crippen molar-refractivity contribution in [3.05, 3.63) is 29.8 Å². The monoisotopic (exact) mass is 464 g/mol. The summed E-state index contributed by atoms with van der Waals surface area (Å²) in [6.07, 6.45) is -0.795. The number of para-hydroxylation sites is 1. The minimum Gasteiger partial charge on any atom is -0.475 e. The molecule has 7 nitrogen and oxygen atoms in total. The van der Waals surface area contributed by atoms with Crippen molar-refractivity contribution in [1.82, 2.24) is 4.31 Å². The topological polar surface area (TPSA) is 87.2 Å². The molecule has 11 heteroatoms. The number of rotatable bonds is 3. The number of sulfonamides is 1. The number of aliphatic carboxylic acids is 1. The summed E-state index contributed by atoms with van der Waals surface area (Å²) in [6.45, 7) is 5.08. The van der Waals surface area contributed by atoms with E-state index in [0.717, 1.165) is 45.6 Å². The first-order valence-electron chi connectivity index (χ1n) is 10.1.